The number of nitrogens with zero attached hydrogens (tertiary/aromatic N) is 4. The van der Waals surface area contributed by atoms with Crippen molar-refractivity contribution in [1.29, 1.82) is 0 Å². The lowest BCUT2D eigenvalue weighted by atomic mass is 10.1. The van der Waals surface area contributed by atoms with E-state index >= 15 is 0 Å². The van der Waals surface area contributed by atoms with Crippen molar-refractivity contribution in [3.05, 3.63) is 77.5 Å². The number of carbonyl (C=O) groups is 1. The SMILES string of the molecule is [C-]#[N+]c1ccccc1Cn1ccnc1-c1cc(C(=O)O)ccn1. The van der Waals surface area contributed by atoms with Gasteiger partial charge in [-0.1, -0.05) is 24.3 Å². The van der Waals surface area contributed by atoms with Crippen LogP contribution in [0.2, 0.25) is 0 Å². The topological polar surface area (TPSA) is 72.4 Å². The average Bonchev–Trinajstić information content (AvgIpc) is 3.03. The summed E-state index contributed by atoms with van der Waals surface area (Å²) >= 11 is 0. The smallest absolute Gasteiger partial charge is 0.335 e. The van der Waals surface area contributed by atoms with Gasteiger partial charge in [-0.3, -0.25) is 4.98 Å². The van der Waals surface area contributed by atoms with Crippen LogP contribution in [0.1, 0.15) is 15.9 Å². The first-order chi connectivity index (χ1) is 11.2. The number of aromatic carboxylic acids is 1. The van der Waals surface area contributed by atoms with E-state index in [1.54, 1.807) is 18.5 Å². The Labute approximate surface area is 132 Å². The van der Waals surface area contributed by atoms with E-state index < -0.39 is 5.97 Å². The maximum absolute atomic E-state index is 11.1. The normalized spacial score (nSPS) is 10.2. The van der Waals surface area contributed by atoms with E-state index in [4.69, 9.17) is 11.7 Å². The highest BCUT2D eigenvalue weighted by Gasteiger charge is 2.12. The third-order valence-electron chi connectivity index (χ3n) is 3.40. The van der Waals surface area contributed by atoms with Crippen molar-refractivity contribution >= 4 is 11.7 Å². The van der Waals surface area contributed by atoms with E-state index in [0.29, 0.717) is 23.8 Å². The second kappa shape index (κ2) is 6.12. The number of benzene rings is 1. The molecular formula is C17H12N4O2. The first kappa shape index (κ1) is 14.5. The van der Waals surface area contributed by atoms with Gasteiger partial charge in [0.15, 0.2) is 11.5 Å². The number of pyridine rings is 1. The molecule has 0 spiro atoms. The summed E-state index contributed by atoms with van der Waals surface area (Å²) in [6, 6.07) is 10.3. The molecule has 0 radical (unpaired) electrons. The van der Waals surface area contributed by atoms with Crippen LogP contribution in [0, 0.1) is 6.57 Å². The van der Waals surface area contributed by atoms with E-state index in [1.165, 1.54) is 18.3 Å². The van der Waals surface area contributed by atoms with Crippen molar-refractivity contribution in [3.8, 4) is 11.5 Å². The van der Waals surface area contributed by atoms with Crippen molar-refractivity contribution in [2.45, 2.75) is 6.54 Å². The fourth-order valence-corrected chi connectivity index (χ4v) is 2.29. The van der Waals surface area contributed by atoms with Gasteiger partial charge in [0.1, 0.15) is 5.69 Å². The van der Waals surface area contributed by atoms with Crippen LogP contribution in [-0.2, 0) is 6.54 Å². The molecule has 3 aromatic rings. The number of carboxylic acid groups (broad SMARTS) is 1. The van der Waals surface area contributed by atoms with Gasteiger partial charge in [-0.2, -0.15) is 0 Å². The summed E-state index contributed by atoms with van der Waals surface area (Å²) in [6.07, 6.45) is 4.86. The Kier molecular flexibility index (Phi) is 3.85. The van der Waals surface area contributed by atoms with Crippen LogP contribution in [0.25, 0.3) is 16.4 Å². The Morgan fingerprint density at radius 2 is 2.04 bits per heavy atom. The predicted molar refractivity (Wildman–Crippen MR) is 84.2 cm³/mol. The zero-order valence-corrected chi connectivity index (χ0v) is 12.0. The Balaban J connectivity index is 1.99. The lowest BCUT2D eigenvalue weighted by Gasteiger charge is -2.09. The lowest BCUT2D eigenvalue weighted by Crippen LogP contribution is -2.04. The summed E-state index contributed by atoms with van der Waals surface area (Å²) in [7, 11) is 0. The molecule has 0 saturated carbocycles. The quantitative estimate of drug-likeness (QED) is 0.751. The van der Waals surface area contributed by atoms with Gasteiger partial charge in [-0.15, -0.1) is 0 Å². The molecule has 0 unspecified atom stereocenters. The number of rotatable bonds is 4. The maximum atomic E-state index is 11.1. The van der Waals surface area contributed by atoms with Gasteiger partial charge < -0.3 is 9.67 Å². The fourth-order valence-electron chi connectivity index (χ4n) is 2.29. The molecule has 1 aromatic carbocycles. The van der Waals surface area contributed by atoms with Crippen molar-refractivity contribution in [3.63, 3.8) is 0 Å². The van der Waals surface area contributed by atoms with Gasteiger partial charge in [-0.05, 0) is 17.7 Å². The zero-order chi connectivity index (χ0) is 16.2. The monoisotopic (exact) mass is 304 g/mol. The highest BCUT2D eigenvalue weighted by Crippen LogP contribution is 2.22. The molecule has 112 valence electrons. The number of carboxylic acids is 1. The molecule has 0 saturated heterocycles. The largest absolute Gasteiger partial charge is 0.478 e. The van der Waals surface area contributed by atoms with Gasteiger partial charge in [0.25, 0.3) is 0 Å². The number of aromatic nitrogens is 3. The number of hydrogen-bond donors (Lipinski definition) is 1. The van der Waals surface area contributed by atoms with Crippen LogP contribution in [0.15, 0.2) is 55.0 Å². The second-order valence-corrected chi connectivity index (χ2v) is 4.85. The van der Waals surface area contributed by atoms with Crippen LogP contribution in [0.5, 0.6) is 0 Å². The number of para-hydroxylation sites is 1. The van der Waals surface area contributed by atoms with Crippen LogP contribution >= 0.6 is 0 Å². The van der Waals surface area contributed by atoms with Gasteiger partial charge in [0.05, 0.1) is 12.1 Å². The van der Waals surface area contributed by atoms with Crippen molar-refractivity contribution in [2.24, 2.45) is 0 Å². The third kappa shape index (κ3) is 2.94. The van der Waals surface area contributed by atoms with Gasteiger partial charge in [-0.25, -0.2) is 14.6 Å². The molecule has 6 heteroatoms. The Morgan fingerprint density at radius 3 is 2.83 bits per heavy atom. The van der Waals surface area contributed by atoms with E-state index in [1.807, 2.05) is 22.8 Å². The highest BCUT2D eigenvalue weighted by molar-refractivity contribution is 5.88. The molecule has 6 nitrogen and oxygen atoms in total. The molecule has 0 aliphatic heterocycles. The van der Waals surface area contributed by atoms with E-state index in [-0.39, 0.29) is 5.56 Å². The lowest BCUT2D eigenvalue weighted by molar-refractivity contribution is 0.0697. The minimum atomic E-state index is -1.01. The molecule has 2 aromatic heterocycles. The van der Waals surface area contributed by atoms with Gasteiger partial charge in [0, 0.05) is 25.1 Å². The first-order valence-corrected chi connectivity index (χ1v) is 6.85. The average molecular weight is 304 g/mol. The molecule has 23 heavy (non-hydrogen) atoms. The highest BCUT2D eigenvalue weighted by atomic mass is 16.4. The molecule has 0 aliphatic carbocycles. The first-order valence-electron chi connectivity index (χ1n) is 6.85. The van der Waals surface area contributed by atoms with Crippen molar-refractivity contribution < 1.29 is 9.90 Å². The molecule has 1 N–H and O–H groups in total. The van der Waals surface area contributed by atoms with Crippen molar-refractivity contribution in [1.82, 2.24) is 14.5 Å². The summed E-state index contributed by atoms with van der Waals surface area (Å²) in [6.45, 7) is 7.69. The van der Waals surface area contributed by atoms with Crippen LogP contribution < -0.4 is 0 Å². The summed E-state index contributed by atoms with van der Waals surface area (Å²) in [5.41, 5.74) is 2.09. The zero-order valence-electron chi connectivity index (χ0n) is 12.0. The fraction of sp³-hybridized carbons (Fsp3) is 0.0588. The number of hydrogen-bond acceptors (Lipinski definition) is 3. The Bertz CT molecular complexity index is 909. The summed E-state index contributed by atoms with van der Waals surface area (Å²) in [4.78, 5) is 23.1. The van der Waals surface area contributed by atoms with Crippen molar-refractivity contribution in [2.75, 3.05) is 0 Å². The van der Waals surface area contributed by atoms with E-state index in [0.717, 1.165) is 5.56 Å². The van der Waals surface area contributed by atoms with Gasteiger partial charge in [0.2, 0.25) is 0 Å². The molecule has 3 rings (SSSR count). The minimum Gasteiger partial charge on any atom is -0.478 e. The van der Waals surface area contributed by atoms with Crippen LogP contribution in [0.3, 0.4) is 0 Å². The predicted octanol–water partition coefficient (Wildman–Crippen LogP) is 3.24. The van der Waals surface area contributed by atoms with Crippen LogP contribution in [0.4, 0.5) is 5.69 Å². The third-order valence-corrected chi connectivity index (χ3v) is 3.40. The molecule has 2 heterocycles. The molecular weight excluding hydrogens is 292 g/mol. The second-order valence-electron chi connectivity index (χ2n) is 4.85. The Hall–Kier alpha value is -3.46. The molecule has 0 aliphatic rings. The standard InChI is InChI=1S/C17H12N4O2/c1-18-14-5-3-2-4-13(14)11-21-9-8-20-16(21)15-10-12(17(22)23)6-7-19-15/h2-10H,11H2,(H,22,23). The summed E-state index contributed by atoms with van der Waals surface area (Å²) < 4.78 is 1.85. The minimum absolute atomic E-state index is 0.158. The molecule has 0 amide bonds. The van der Waals surface area contributed by atoms with E-state index in [2.05, 4.69) is 14.8 Å². The molecule has 0 atom stereocenters. The molecule has 0 bridgehead atoms. The molecule has 0 fully saturated rings. The summed E-state index contributed by atoms with van der Waals surface area (Å²) in [5, 5.41) is 9.09. The van der Waals surface area contributed by atoms with E-state index in [9.17, 15) is 4.79 Å². The number of imidazole rings is 1. The van der Waals surface area contributed by atoms with Crippen LogP contribution in [-0.4, -0.2) is 25.6 Å². The maximum Gasteiger partial charge on any atom is 0.335 e. The summed E-state index contributed by atoms with van der Waals surface area (Å²) in [5.74, 6) is -0.446. The Morgan fingerprint density at radius 1 is 1.22 bits per heavy atom. The van der Waals surface area contributed by atoms with Gasteiger partial charge >= 0.3 is 5.97 Å².